The molecule has 0 spiro atoms. The number of primary amides is 2. The molecule has 30 heteroatoms. The average Bonchev–Trinajstić information content (AvgIpc) is 2.13. The molecule has 12 amide bonds. The van der Waals surface area contributed by atoms with Crippen LogP contribution in [0.2, 0.25) is 0 Å². The Kier molecular flexibility index (Phi) is 25.3. The summed E-state index contributed by atoms with van der Waals surface area (Å²) in [6.07, 6.45) is -2.63. The molecule has 30 nitrogen and oxygen atoms in total. The first-order chi connectivity index (χ1) is 41.2. The first-order valence-electron chi connectivity index (χ1n) is 28.0. The number of nitrogens with zero attached hydrogens (tertiary/aromatic N) is 2. The number of aromatic amines is 1. The van der Waals surface area contributed by atoms with E-state index in [9.17, 15) is 68.1 Å². The van der Waals surface area contributed by atoms with E-state index in [-0.39, 0.29) is 75.7 Å². The number of aliphatic imine (C=N–C) groups is 1. The van der Waals surface area contributed by atoms with Crippen molar-refractivity contribution in [3.63, 3.8) is 0 Å². The number of phenolic OH excluding ortho intramolecular Hbond substituents is 1. The Balaban J connectivity index is 1.27. The SMILES string of the molecule is CC(=O)N[C@H](Cc1ccc(O)cc1)C(=O)N1C[C@H](O)C[C@H]1C(=O)N[C@@H](CC(N)=O)C(=O)N[C@H](C(=O)N[C@@H](Cc1ccccc1)C(=O)NNC(=O)N[C@@H](CC(C)C)C(=O)N[C@@H](CCCN=C(N)N)C(=O)N[C@@H](Cc1c[nH]c2ccccc12)C(N)=O)[C@@H](C)O. The summed E-state index contributed by atoms with van der Waals surface area (Å²) in [6, 6.07) is 8.30. The predicted molar refractivity (Wildman–Crippen MR) is 315 cm³/mol. The Morgan fingerprint density at radius 3 is 1.90 bits per heavy atom. The zero-order valence-corrected chi connectivity index (χ0v) is 48.5. The van der Waals surface area contributed by atoms with Crippen molar-refractivity contribution in [2.45, 2.75) is 140 Å². The number of fused-ring (bicyclic) bond motifs is 1. The number of guanidine groups is 1. The maximum absolute atomic E-state index is 14.1. The monoisotopic (exact) mass is 1210 g/mol. The number of nitrogens with one attached hydrogen (secondary N) is 10. The molecule has 1 aliphatic heterocycles. The number of likely N-dealkylation sites (tertiary alicyclic amines) is 1. The van der Waals surface area contributed by atoms with Gasteiger partial charge in [-0.15, -0.1) is 0 Å². The molecule has 21 N–H and O–H groups in total. The second kappa shape index (κ2) is 32.4. The standard InChI is InChI=1S/C57H78N16O14/c1-29(2)21-41(50(81)65-39(15-10-20-62-56(60)61)49(80)66-40(48(59)79)24-34-27-63-38-14-9-8-13-37(34)38)69-57(87)72-71-52(83)42(22-32-11-6-5-7-12-32)68-54(85)47(30(3)74)70-51(82)43(26-46(58)78)67-53(84)45-25-36(77)28-73(45)55(86)44(64-31(4)75)23-33-16-18-35(76)19-17-33/h5-9,11-14,16-19,27,29-30,36,39-45,47,63,74,76-77H,10,15,20-26,28H2,1-4H3,(H2,58,78)(H2,59,79)(H,64,75)(H,65,81)(H,66,80)(H,67,84)(H,68,85)(H,70,82)(H,71,83)(H4,60,61,62)(H2,69,72,87)/t30-,36-,39+,40+,41+,42+,43+,44-,45+,47+/m1/s1. The minimum atomic E-state index is -1.90. The summed E-state index contributed by atoms with van der Waals surface area (Å²) in [5, 5.41) is 49.5. The number of benzene rings is 3. The van der Waals surface area contributed by atoms with Gasteiger partial charge in [0.2, 0.25) is 53.2 Å². The number of β-amino-alcohol motifs (C(OH)–C–C–N with tert-alkyl or cyclic N) is 1. The third-order valence-electron chi connectivity index (χ3n) is 13.9. The number of carbonyl (C=O) groups is 11. The van der Waals surface area contributed by atoms with Crippen LogP contribution in [0, 0.1) is 5.92 Å². The Bertz CT molecular complexity index is 3120. The lowest BCUT2D eigenvalue weighted by Crippen LogP contribution is -2.62. The van der Waals surface area contributed by atoms with Crippen LogP contribution in [0.4, 0.5) is 4.79 Å². The smallest absolute Gasteiger partial charge is 0.334 e. The molecule has 470 valence electrons. The molecule has 0 bridgehead atoms. The van der Waals surface area contributed by atoms with Crippen molar-refractivity contribution >= 4 is 82.0 Å². The lowest BCUT2D eigenvalue weighted by molar-refractivity contribution is -0.142. The largest absolute Gasteiger partial charge is 0.508 e. The summed E-state index contributed by atoms with van der Waals surface area (Å²) < 4.78 is 0. The van der Waals surface area contributed by atoms with Gasteiger partial charge >= 0.3 is 6.03 Å². The Morgan fingerprint density at radius 2 is 1.26 bits per heavy atom. The molecular formula is C57H78N16O14. The zero-order chi connectivity index (χ0) is 64.1. The van der Waals surface area contributed by atoms with Crippen LogP contribution in [0.25, 0.3) is 10.9 Å². The van der Waals surface area contributed by atoms with Crippen LogP contribution < -0.4 is 71.0 Å². The second-order valence-corrected chi connectivity index (χ2v) is 21.5. The molecule has 5 rings (SSSR count). The summed E-state index contributed by atoms with van der Waals surface area (Å²) in [5.74, 6) is -9.89. The number of rotatable bonds is 30. The van der Waals surface area contributed by atoms with E-state index in [2.05, 4.69) is 58.0 Å². The van der Waals surface area contributed by atoms with Gasteiger partial charge in [0, 0.05) is 62.8 Å². The van der Waals surface area contributed by atoms with Crippen molar-refractivity contribution in [1.29, 1.82) is 0 Å². The maximum atomic E-state index is 14.1. The molecule has 1 saturated heterocycles. The molecule has 0 saturated carbocycles. The van der Waals surface area contributed by atoms with Gasteiger partial charge in [-0.3, -0.25) is 58.4 Å². The van der Waals surface area contributed by atoms with Gasteiger partial charge in [-0.05, 0) is 67.0 Å². The Morgan fingerprint density at radius 1 is 0.655 bits per heavy atom. The van der Waals surface area contributed by atoms with E-state index in [0.717, 1.165) is 22.7 Å². The number of urea groups is 1. The summed E-state index contributed by atoms with van der Waals surface area (Å²) in [5.41, 5.74) is 29.1. The van der Waals surface area contributed by atoms with Gasteiger partial charge in [-0.1, -0.05) is 74.5 Å². The summed E-state index contributed by atoms with van der Waals surface area (Å²) in [6.45, 7) is 5.50. The first-order valence-corrected chi connectivity index (χ1v) is 28.0. The van der Waals surface area contributed by atoms with E-state index in [4.69, 9.17) is 22.9 Å². The number of para-hydroxylation sites is 1. The molecule has 0 unspecified atom stereocenters. The third-order valence-corrected chi connectivity index (χ3v) is 13.9. The van der Waals surface area contributed by atoms with E-state index in [0.29, 0.717) is 16.7 Å². The van der Waals surface area contributed by atoms with Gasteiger partial charge in [0.25, 0.3) is 5.91 Å². The molecule has 0 aliphatic carbocycles. The molecule has 1 aliphatic rings. The quantitative estimate of drug-likeness (QED) is 0.0104. The third kappa shape index (κ3) is 21.3. The van der Waals surface area contributed by atoms with Gasteiger partial charge < -0.3 is 85.4 Å². The lowest BCUT2D eigenvalue weighted by atomic mass is 10.0. The van der Waals surface area contributed by atoms with E-state index >= 15 is 0 Å². The highest BCUT2D eigenvalue weighted by molar-refractivity contribution is 5.99. The van der Waals surface area contributed by atoms with Gasteiger partial charge in [-0.2, -0.15) is 0 Å². The number of aliphatic hydroxyl groups is 2. The molecule has 1 aromatic heterocycles. The molecule has 1 fully saturated rings. The highest BCUT2D eigenvalue weighted by Gasteiger charge is 2.43. The number of phenols is 1. The fourth-order valence-electron chi connectivity index (χ4n) is 9.64. The van der Waals surface area contributed by atoms with Crippen LogP contribution in [0.15, 0.2) is 90.1 Å². The number of hydrogen-bond donors (Lipinski definition) is 17. The molecule has 3 aromatic carbocycles. The van der Waals surface area contributed by atoms with Crippen molar-refractivity contribution in [3.05, 3.63) is 102 Å². The minimum absolute atomic E-state index is 0.00728. The fourth-order valence-corrected chi connectivity index (χ4v) is 9.64. The van der Waals surface area contributed by atoms with Crippen LogP contribution in [-0.2, 0) is 67.2 Å². The number of aliphatic hydroxyl groups excluding tert-OH is 2. The van der Waals surface area contributed by atoms with E-state index in [1.54, 1.807) is 50.4 Å². The van der Waals surface area contributed by atoms with Crippen molar-refractivity contribution in [3.8, 4) is 5.75 Å². The van der Waals surface area contributed by atoms with Crippen molar-refractivity contribution in [1.82, 2.24) is 58.0 Å². The minimum Gasteiger partial charge on any atom is -0.508 e. The second-order valence-electron chi connectivity index (χ2n) is 21.5. The number of carbonyl (C=O) groups excluding carboxylic acids is 11. The normalized spacial score (nSPS) is 16.4. The lowest BCUT2D eigenvalue weighted by Gasteiger charge is -2.30. The predicted octanol–water partition coefficient (Wildman–Crippen LogP) is -3.67. The molecule has 0 radical (unpaired) electrons. The highest BCUT2D eigenvalue weighted by Crippen LogP contribution is 2.23. The van der Waals surface area contributed by atoms with Crippen LogP contribution >= 0.6 is 0 Å². The van der Waals surface area contributed by atoms with E-state index < -0.39 is 132 Å². The van der Waals surface area contributed by atoms with Crippen molar-refractivity contribution in [2.24, 2.45) is 33.8 Å². The van der Waals surface area contributed by atoms with Crippen LogP contribution in [0.1, 0.15) is 76.5 Å². The molecule has 2 heterocycles. The maximum Gasteiger partial charge on any atom is 0.334 e. The Hall–Kier alpha value is -9.84. The molecule has 87 heavy (non-hydrogen) atoms. The van der Waals surface area contributed by atoms with E-state index in [1.807, 2.05) is 24.3 Å². The zero-order valence-electron chi connectivity index (χ0n) is 48.5. The number of H-pyrrole nitrogens is 1. The number of aromatic nitrogens is 1. The summed E-state index contributed by atoms with van der Waals surface area (Å²) in [7, 11) is 0. The van der Waals surface area contributed by atoms with Crippen LogP contribution in [0.3, 0.4) is 0 Å². The highest BCUT2D eigenvalue weighted by atomic mass is 16.3. The topological polar surface area (TPSA) is 492 Å². The molecule has 10 atom stereocenters. The van der Waals surface area contributed by atoms with Crippen LogP contribution in [0.5, 0.6) is 5.75 Å². The summed E-state index contributed by atoms with van der Waals surface area (Å²) in [4.78, 5) is 157. The van der Waals surface area contributed by atoms with Gasteiger partial charge in [0.15, 0.2) is 5.96 Å². The van der Waals surface area contributed by atoms with Gasteiger partial charge in [0.05, 0.1) is 18.6 Å². The number of hydrazine groups is 1. The molecular weight excluding hydrogens is 1130 g/mol. The van der Waals surface area contributed by atoms with Crippen LogP contribution in [-0.4, -0.2) is 170 Å². The van der Waals surface area contributed by atoms with Gasteiger partial charge in [-0.25, -0.2) is 10.2 Å². The fraction of sp³-hybridized carbons (Fsp3) is 0.439. The number of nitrogens with two attached hydrogens (primary N) is 4. The first kappa shape index (κ1) is 67.9. The van der Waals surface area contributed by atoms with Crippen molar-refractivity contribution in [2.75, 3.05) is 13.1 Å². The average molecular weight is 1210 g/mol. The van der Waals surface area contributed by atoms with Gasteiger partial charge in [0.1, 0.15) is 54.1 Å². The molecule has 4 aromatic rings. The van der Waals surface area contributed by atoms with Crippen molar-refractivity contribution < 1.29 is 68.1 Å². The number of amides is 12. The Labute approximate surface area is 500 Å². The van der Waals surface area contributed by atoms with E-state index in [1.165, 1.54) is 31.2 Å². The number of hydrogen-bond acceptors (Lipinski definition) is 15. The summed E-state index contributed by atoms with van der Waals surface area (Å²) >= 11 is 0. The number of aromatic hydroxyl groups is 1.